The lowest BCUT2D eigenvalue weighted by Gasteiger charge is -2.13. The Labute approximate surface area is 125 Å². The van der Waals surface area contributed by atoms with E-state index in [-0.39, 0.29) is 6.04 Å². The van der Waals surface area contributed by atoms with Gasteiger partial charge in [-0.3, -0.25) is 0 Å². The predicted octanol–water partition coefficient (Wildman–Crippen LogP) is 4.51. The molecule has 0 aliphatic heterocycles. The van der Waals surface area contributed by atoms with Crippen LogP contribution in [0.3, 0.4) is 0 Å². The lowest BCUT2D eigenvalue weighted by Crippen LogP contribution is -2.06. The lowest BCUT2D eigenvalue weighted by molar-refractivity contribution is 0.869. The molecule has 1 aromatic carbocycles. The second kappa shape index (κ2) is 6.18. The summed E-state index contributed by atoms with van der Waals surface area (Å²) in [4.78, 5) is 5.72. The molecular weight excluding hydrogens is 322 g/mol. The minimum Gasteiger partial charge on any atom is -0.376 e. The van der Waals surface area contributed by atoms with Crippen LogP contribution in [-0.2, 0) is 6.42 Å². The monoisotopic (exact) mass is 335 g/mol. The zero-order valence-electron chi connectivity index (χ0n) is 10.8. The van der Waals surface area contributed by atoms with E-state index >= 15 is 0 Å². The molecule has 0 aliphatic carbocycles. The van der Waals surface area contributed by atoms with Gasteiger partial charge in [0.15, 0.2) is 0 Å². The highest BCUT2D eigenvalue weighted by molar-refractivity contribution is 9.10. The molecule has 0 aliphatic rings. The van der Waals surface area contributed by atoms with Crippen molar-refractivity contribution in [3.63, 3.8) is 0 Å². The first-order valence-electron chi connectivity index (χ1n) is 6.04. The van der Waals surface area contributed by atoms with Gasteiger partial charge in [-0.15, -0.1) is 11.3 Å². The van der Waals surface area contributed by atoms with Crippen molar-refractivity contribution >= 4 is 33.0 Å². The number of nitriles is 1. The molecule has 5 heteroatoms. The van der Waals surface area contributed by atoms with Crippen molar-refractivity contribution in [3.8, 4) is 6.07 Å². The summed E-state index contributed by atoms with van der Waals surface area (Å²) in [6, 6.07) is 7.89. The summed E-state index contributed by atoms with van der Waals surface area (Å²) >= 11 is 5.14. The van der Waals surface area contributed by atoms with E-state index in [0.717, 1.165) is 21.6 Å². The van der Waals surface area contributed by atoms with E-state index in [1.54, 1.807) is 17.4 Å². The third-order valence-electron chi connectivity index (χ3n) is 2.70. The molecule has 1 heterocycles. The zero-order valence-corrected chi connectivity index (χ0v) is 13.2. The van der Waals surface area contributed by atoms with Crippen molar-refractivity contribution in [2.75, 3.05) is 5.32 Å². The summed E-state index contributed by atoms with van der Waals surface area (Å²) in [6.45, 7) is 4.20. The van der Waals surface area contributed by atoms with Crippen LogP contribution in [-0.4, -0.2) is 4.98 Å². The molecule has 1 unspecified atom stereocenters. The quantitative estimate of drug-likeness (QED) is 0.893. The van der Waals surface area contributed by atoms with Crippen LogP contribution in [0.25, 0.3) is 0 Å². The molecule has 0 radical (unpaired) electrons. The number of hydrogen-bond donors (Lipinski definition) is 1. The maximum absolute atomic E-state index is 8.96. The van der Waals surface area contributed by atoms with E-state index in [4.69, 9.17) is 5.26 Å². The zero-order chi connectivity index (χ0) is 13.8. The number of aromatic nitrogens is 1. The van der Waals surface area contributed by atoms with E-state index in [1.807, 2.05) is 18.3 Å². The minimum absolute atomic E-state index is 0.131. The molecule has 3 nitrogen and oxygen atoms in total. The lowest BCUT2D eigenvalue weighted by atomic mass is 10.2. The maximum atomic E-state index is 8.96. The predicted molar refractivity (Wildman–Crippen MR) is 82.4 cm³/mol. The van der Waals surface area contributed by atoms with Gasteiger partial charge in [-0.2, -0.15) is 5.26 Å². The average Bonchev–Trinajstić information content (AvgIpc) is 2.86. The molecule has 2 rings (SSSR count). The van der Waals surface area contributed by atoms with Crippen LogP contribution in [0.1, 0.15) is 35.3 Å². The molecule has 0 spiro atoms. The first-order chi connectivity index (χ1) is 9.12. The van der Waals surface area contributed by atoms with Crippen LogP contribution < -0.4 is 5.32 Å². The number of thiazole rings is 1. The normalized spacial score (nSPS) is 11.9. The molecule has 0 saturated heterocycles. The molecule has 19 heavy (non-hydrogen) atoms. The Hall–Kier alpha value is -1.38. The maximum Gasteiger partial charge on any atom is 0.115 e. The molecule has 0 amide bonds. The second-order valence-corrected chi connectivity index (χ2v) is 6.29. The van der Waals surface area contributed by atoms with E-state index in [0.29, 0.717) is 5.56 Å². The van der Waals surface area contributed by atoms with Crippen LogP contribution in [0.15, 0.2) is 28.9 Å². The van der Waals surface area contributed by atoms with Crippen LogP contribution in [0.2, 0.25) is 0 Å². The molecular formula is C14H14BrN3S. The third-order valence-corrected chi connectivity index (χ3v) is 4.48. The smallest absolute Gasteiger partial charge is 0.115 e. The second-order valence-electron chi connectivity index (χ2n) is 4.22. The van der Waals surface area contributed by atoms with Gasteiger partial charge >= 0.3 is 0 Å². The molecule has 0 saturated carbocycles. The van der Waals surface area contributed by atoms with Gasteiger partial charge in [0.1, 0.15) is 5.01 Å². The van der Waals surface area contributed by atoms with Gasteiger partial charge in [0.2, 0.25) is 0 Å². The highest BCUT2D eigenvalue weighted by Crippen LogP contribution is 2.26. The largest absolute Gasteiger partial charge is 0.376 e. The van der Waals surface area contributed by atoms with Crippen LogP contribution in [0, 0.1) is 11.3 Å². The Bertz CT molecular complexity index is 615. The standard InChI is InChI=1S/C14H14BrN3S/c1-3-13-8-17-14(19-13)9(2)18-12-5-10(7-16)4-11(15)6-12/h4-6,8-9,18H,3H2,1-2H3. The van der Waals surface area contributed by atoms with Gasteiger partial charge in [0.05, 0.1) is 17.7 Å². The summed E-state index contributed by atoms with van der Waals surface area (Å²) in [5.74, 6) is 0. The summed E-state index contributed by atoms with van der Waals surface area (Å²) in [5, 5.41) is 13.4. The highest BCUT2D eigenvalue weighted by atomic mass is 79.9. The number of hydrogen-bond acceptors (Lipinski definition) is 4. The Morgan fingerprint density at radius 1 is 1.47 bits per heavy atom. The minimum atomic E-state index is 0.131. The van der Waals surface area contributed by atoms with Crippen LogP contribution in [0.5, 0.6) is 0 Å². The fourth-order valence-corrected chi connectivity index (χ4v) is 3.09. The molecule has 2 aromatic rings. The fourth-order valence-electron chi connectivity index (χ4n) is 1.74. The number of nitrogens with one attached hydrogen (secondary N) is 1. The number of rotatable bonds is 4. The van der Waals surface area contributed by atoms with Crippen molar-refractivity contribution in [1.29, 1.82) is 5.26 Å². The van der Waals surface area contributed by atoms with Gasteiger partial charge in [-0.25, -0.2) is 4.98 Å². The summed E-state index contributed by atoms with van der Waals surface area (Å²) in [6.07, 6.45) is 2.94. The summed E-state index contributed by atoms with van der Waals surface area (Å²) < 4.78 is 0.898. The van der Waals surface area contributed by atoms with Gasteiger partial charge in [0.25, 0.3) is 0 Å². The summed E-state index contributed by atoms with van der Waals surface area (Å²) in [7, 11) is 0. The highest BCUT2D eigenvalue weighted by Gasteiger charge is 2.10. The van der Waals surface area contributed by atoms with Gasteiger partial charge < -0.3 is 5.32 Å². The first kappa shape index (κ1) is 14.0. The van der Waals surface area contributed by atoms with E-state index in [2.05, 4.69) is 46.1 Å². The van der Waals surface area contributed by atoms with Crippen LogP contribution in [0.4, 0.5) is 5.69 Å². The van der Waals surface area contributed by atoms with Crippen molar-refractivity contribution in [2.45, 2.75) is 26.3 Å². The van der Waals surface area contributed by atoms with E-state index in [9.17, 15) is 0 Å². The first-order valence-corrected chi connectivity index (χ1v) is 7.65. The Balaban J connectivity index is 2.16. The van der Waals surface area contributed by atoms with E-state index in [1.165, 1.54) is 4.88 Å². The molecule has 1 aromatic heterocycles. The average molecular weight is 336 g/mol. The van der Waals surface area contributed by atoms with Crippen molar-refractivity contribution < 1.29 is 0 Å². The van der Waals surface area contributed by atoms with E-state index < -0.39 is 0 Å². The van der Waals surface area contributed by atoms with Gasteiger partial charge in [-0.1, -0.05) is 22.9 Å². The molecule has 98 valence electrons. The Kier molecular flexibility index (Phi) is 4.56. The van der Waals surface area contributed by atoms with Crippen molar-refractivity contribution in [2.24, 2.45) is 0 Å². The molecule has 0 bridgehead atoms. The summed E-state index contributed by atoms with van der Waals surface area (Å²) in [5.41, 5.74) is 1.56. The number of nitrogens with zero attached hydrogens (tertiary/aromatic N) is 2. The molecule has 1 N–H and O–H groups in total. The third kappa shape index (κ3) is 3.55. The molecule has 0 fully saturated rings. The number of aryl methyl sites for hydroxylation is 1. The number of benzene rings is 1. The van der Waals surface area contributed by atoms with Crippen molar-refractivity contribution in [3.05, 3.63) is 44.3 Å². The van der Waals surface area contributed by atoms with Gasteiger partial charge in [-0.05, 0) is 31.5 Å². The number of anilines is 1. The SMILES string of the molecule is CCc1cnc(C(C)Nc2cc(Br)cc(C#N)c2)s1. The van der Waals surface area contributed by atoms with Crippen molar-refractivity contribution in [1.82, 2.24) is 4.98 Å². The molecule has 1 atom stereocenters. The number of halogens is 1. The topological polar surface area (TPSA) is 48.7 Å². The Morgan fingerprint density at radius 3 is 2.89 bits per heavy atom. The fraction of sp³-hybridized carbons (Fsp3) is 0.286. The Morgan fingerprint density at radius 2 is 2.26 bits per heavy atom. The van der Waals surface area contributed by atoms with Gasteiger partial charge in [0, 0.05) is 21.2 Å². The van der Waals surface area contributed by atoms with Crippen LogP contribution >= 0.6 is 27.3 Å².